The summed E-state index contributed by atoms with van der Waals surface area (Å²) in [6.45, 7) is 1.99. The summed E-state index contributed by atoms with van der Waals surface area (Å²) in [5.41, 5.74) is 3.14. The van der Waals surface area contributed by atoms with Crippen molar-refractivity contribution in [1.82, 2.24) is 9.97 Å². The van der Waals surface area contributed by atoms with E-state index in [0.29, 0.717) is 5.82 Å². The second-order valence-corrected chi connectivity index (χ2v) is 4.38. The number of aliphatic imine (C=N–C) groups is 1. The number of anilines is 2. The molecule has 0 saturated carbocycles. The highest BCUT2D eigenvalue weighted by atomic mass is 35.5. The Morgan fingerprint density at radius 2 is 2.00 bits per heavy atom. The number of nitrogens with zero attached hydrogens (tertiary/aromatic N) is 3. The maximum atomic E-state index is 5.75. The van der Waals surface area contributed by atoms with E-state index < -0.39 is 0 Å². The smallest absolute Gasteiger partial charge is 0.224 e. The van der Waals surface area contributed by atoms with Gasteiger partial charge in [-0.05, 0) is 47.9 Å². The Hall–Kier alpha value is -2.20. The van der Waals surface area contributed by atoms with Gasteiger partial charge in [0.1, 0.15) is 5.82 Å². The molecule has 4 nitrogen and oxygen atoms in total. The highest BCUT2D eigenvalue weighted by molar-refractivity contribution is 6.28. The Bertz CT molecular complexity index is 633. The number of hydrogen-bond donors (Lipinski definition) is 1. The molecule has 2 aromatic rings. The SMILES string of the molecule is C/C=C(\C=N/C)c1ccc(Nc2ccnc(Cl)n2)cc1. The lowest BCUT2D eigenvalue weighted by Crippen LogP contribution is -1.95. The maximum absolute atomic E-state index is 5.75. The first kappa shape index (κ1) is 14.2. The number of benzene rings is 1. The van der Waals surface area contributed by atoms with Crippen LogP contribution in [0.3, 0.4) is 0 Å². The molecule has 0 saturated heterocycles. The first-order valence-electron chi connectivity index (χ1n) is 6.17. The largest absolute Gasteiger partial charge is 0.340 e. The minimum absolute atomic E-state index is 0.224. The summed E-state index contributed by atoms with van der Waals surface area (Å²) in [5, 5.41) is 3.40. The van der Waals surface area contributed by atoms with Crippen LogP contribution in [0.5, 0.6) is 0 Å². The van der Waals surface area contributed by atoms with Gasteiger partial charge in [0.15, 0.2) is 0 Å². The van der Waals surface area contributed by atoms with Gasteiger partial charge >= 0.3 is 0 Å². The summed E-state index contributed by atoms with van der Waals surface area (Å²) in [4.78, 5) is 12.0. The van der Waals surface area contributed by atoms with Crippen molar-refractivity contribution in [2.75, 3.05) is 12.4 Å². The molecule has 0 atom stereocenters. The molecule has 102 valence electrons. The molecule has 0 bridgehead atoms. The van der Waals surface area contributed by atoms with Crippen molar-refractivity contribution in [1.29, 1.82) is 0 Å². The second-order valence-electron chi connectivity index (χ2n) is 4.04. The summed E-state index contributed by atoms with van der Waals surface area (Å²) < 4.78 is 0. The molecule has 2 rings (SSSR count). The number of rotatable bonds is 4. The first-order chi connectivity index (χ1) is 9.72. The minimum atomic E-state index is 0.224. The maximum Gasteiger partial charge on any atom is 0.224 e. The quantitative estimate of drug-likeness (QED) is 0.683. The second kappa shape index (κ2) is 6.82. The van der Waals surface area contributed by atoms with Crippen LogP contribution in [0, 0.1) is 0 Å². The van der Waals surface area contributed by atoms with Gasteiger partial charge in [-0.15, -0.1) is 0 Å². The molecule has 1 aromatic heterocycles. The van der Waals surface area contributed by atoms with E-state index >= 15 is 0 Å². The van der Waals surface area contributed by atoms with Gasteiger partial charge in [0, 0.05) is 25.1 Å². The van der Waals surface area contributed by atoms with Gasteiger partial charge < -0.3 is 5.32 Å². The molecule has 0 aliphatic heterocycles. The highest BCUT2D eigenvalue weighted by Gasteiger charge is 2.00. The molecule has 1 aromatic carbocycles. The van der Waals surface area contributed by atoms with E-state index in [4.69, 9.17) is 11.6 Å². The zero-order valence-corrected chi connectivity index (χ0v) is 12.1. The number of hydrogen-bond acceptors (Lipinski definition) is 4. The van der Waals surface area contributed by atoms with Crippen LogP contribution < -0.4 is 5.32 Å². The fraction of sp³-hybridized carbons (Fsp3) is 0.133. The van der Waals surface area contributed by atoms with E-state index in [9.17, 15) is 0 Å². The Morgan fingerprint density at radius 1 is 1.25 bits per heavy atom. The Balaban J connectivity index is 2.16. The van der Waals surface area contributed by atoms with Crippen LogP contribution in [0.1, 0.15) is 12.5 Å². The van der Waals surface area contributed by atoms with Crippen molar-refractivity contribution in [3.05, 3.63) is 53.5 Å². The fourth-order valence-corrected chi connectivity index (χ4v) is 1.90. The van der Waals surface area contributed by atoms with Gasteiger partial charge in [0.05, 0.1) is 0 Å². The predicted octanol–water partition coefficient (Wildman–Crippen LogP) is 3.98. The number of nitrogens with one attached hydrogen (secondary N) is 1. The van der Waals surface area contributed by atoms with E-state index in [1.54, 1.807) is 19.3 Å². The molecule has 5 heteroatoms. The molecule has 20 heavy (non-hydrogen) atoms. The lowest BCUT2D eigenvalue weighted by atomic mass is 10.1. The third-order valence-electron chi connectivity index (χ3n) is 2.70. The number of halogens is 1. The third-order valence-corrected chi connectivity index (χ3v) is 2.88. The standard InChI is InChI=1S/C15H15ClN4/c1-3-11(10-17-2)12-4-6-13(7-5-12)19-14-8-9-18-15(16)20-14/h3-10H,1-2H3,(H,18,19,20)/b11-3+,17-10-. The lowest BCUT2D eigenvalue weighted by Gasteiger charge is -2.07. The van der Waals surface area contributed by atoms with E-state index in [2.05, 4.69) is 20.3 Å². The van der Waals surface area contributed by atoms with Crippen LogP contribution in [0.25, 0.3) is 5.57 Å². The van der Waals surface area contributed by atoms with Crippen LogP contribution in [0.4, 0.5) is 11.5 Å². The molecule has 0 spiro atoms. The Kier molecular flexibility index (Phi) is 4.85. The van der Waals surface area contributed by atoms with Crippen molar-refractivity contribution < 1.29 is 0 Å². The average molecular weight is 287 g/mol. The summed E-state index contributed by atoms with van der Waals surface area (Å²) in [6, 6.07) is 9.79. The van der Waals surface area contributed by atoms with Crippen LogP contribution >= 0.6 is 11.6 Å². The van der Waals surface area contributed by atoms with E-state index in [1.807, 2.05) is 43.5 Å². The first-order valence-corrected chi connectivity index (χ1v) is 6.55. The van der Waals surface area contributed by atoms with Crippen molar-refractivity contribution >= 4 is 34.9 Å². The molecule has 0 radical (unpaired) electrons. The Labute approximate surface area is 123 Å². The molecule has 1 heterocycles. The third kappa shape index (κ3) is 3.65. The summed E-state index contributed by atoms with van der Waals surface area (Å²) >= 11 is 5.75. The average Bonchev–Trinajstić information content (AvgIpc) is 2.46. The van der Waals surface area contributed by atoms with Crippen LogP contribution in [0.2, 0.25) is 5.28 Å². The van der Waals surface area contributed by atoms with E-state index in [1.165, 1.54) is 0 Å². The molecular weight excluding hydrogens is 272 g/mol. The normalized spacial score (nSPS) is 11.8. The van der Waals surface area contributed by atoms with E-state index in [0.717, 1.165) is 16.8 Å². The van der Waals surface area contributed by atoms with Gasteiger partial charge in [-0.3, -0.25) is 4.99 Å². The molecule has 0 aliphatic carbocycles. The van der Waals surface area contributed by atoms with Crippen LogP contribution in [-0.4, -0.2) is 23.2 Å². The number of allylic oxidation sites excluding steroid dienone is 2. The molecular formula is C15H15ClN4. The van der Waals surface area contributed by atoms with Crippen molar-refractivity contribution in [3.8, 4) is 0 Å². The predicted molar refractivity (Wildman–Crippen MR) is 84.8 cm³/mol. The van der Waals surface area contributed by atoms with Crippen LogP contribution in [-0.2, 0) is 0 Å². The van der Waals surface area contributed by atoms with Gasteiger partial charge in [-0.1, -0.05) is 18.2 Å². The summed E-state index contributed by atoms with van der Waals surface area (Å²) in [6.07, 6.45) is 5.48. The molecule has 0 fully saturated rings. The summed E-state index contributed by atoms with van der Waals surface area (Å²) in [7, 11) is 1.76. The van der Waals surface area contributed by atoms with E-state index in [-0.39, 0.29) is 5.28 Å². The highest BCUT2D eigenvalue weighted by Crippen LogP contribution is 2.19. The Morgan fingerprint density at radius 3 is 2.60 bits per heavy atom. The molecule has 0 amide bonds. The zero-order valence-electron chi connectivity index (χ0n) is 11.3. The fourth-order valence-electron chi connectivity index (χ4n) is 1.75. The molecule has 0 aliphatic rings. The van der Waals surface area contributed by atoms with Gasteiger partial charge in [-0.2, -0.15) is 0 Å². The monoisotopic (exact) mass is 286 g/mol. The minimum Gasteiger partial charge on any atom is -0.340 e. The molecule has 1 N–H and O–H groups in total. The van der Waals surface area contributed by atoms with Gasteiger partial charge in [-0.25, -0.2) is 9.97 Å². The van der Waals surface area contributed by atoms with Crippen molar-refractivity contribution in [3.63, 3.8) is 0 Å². The zero-order chi connectivity index (χ0) is 14.4. The van der Waals surface area contributed by atoms with Crippen LogP contribution in [0.15, 0.2) is 47.6 Å². The van der Waals surface area contributed by atoms with Gasteiger partial charge in [0.2, 0.25) is 5.28 Å². The van der Waals surface area contributed by atoms with Crippen molar-refractivity contribution in [2.45, 2.75) is 6.92 Å². The lowest BCUT2D eigenvalue weighted by molar-refractivity contribution is 1.17. The van der Waals surface area contributed by atoms with Crippen molar-refractivity contribution in [2.24, 2.45) is 4.99 Å². The summed E-state index contributed by atoms with van der Waals surface area (Å²) in [5.74, 6) is 0.666. The molecule has 0 unspecified atom stereocenters. The topological polar surface area (TPSA) is 50.2 Å². The number of aromatic nitrogens is 2. The van der Waals surface area contributed by atoms with Gasteiger partial charge in [0.25, 0.3) is 0 Å².